The number of aromatic nitrogens is 2. The van der Waals surface area contributed by atoms with E-state index >= 15 is 0 Å². The Balaban J connectivity index is 1.86. The number of anilines is 2. The second kappa shape index (κ2) is 5.61. The van der Waals surface area contributed by atoms with Gasteiger partial charge in [-0.25, -0.2) is 9.97 Å². The van der Waals surface area contributed by atoms with E-state index in [1.165, 1.54) is 0 Å². The predicted octanol–water partition coefficient (Wildman–Crippen LogP) is 4.91. The van der Waals surface area contributed by atoms with E-state index in [0.717, 1.165) is 27.8 Å². The molecule has 1 aromatic carbocycles. The van der Waals surface area contributed by atoms with Crippen molar-refractivity contribution in [1.29, 1.82) is 0 Å². The van der Waals surface area contributed by atoms with Gasteiger partial charge in [-0.15, -0.1) is 11.3 Å². The molecule has 100 valence electrons. The number of nitrogens with one attached hydrogen (secondary N) is 1. The molecule has 0 saturated heterocycles. The molecule has 0 atom stereocenters. The van der Waals surface area contributed by atoms with Crippen molar-refractivity contribution < 1.29 is 0 Å². The zero-order valence-corrected chi connectivity index (χ0v) is 12.4. The highest BCUT2D eigenvalue weighted by molar-refractivity contribution is 7.14. The van der Waals surface area contributed by atoms with Gasteiger partial charge in [0.15, 0.2) is 5.13 Å². The van der Waals surface area contributed by atoms with Crippen LogP contribution in [0.3, 0.4) is 0 Å². The number of halogens is 1. The van der Waals surface area contributed by atoms with Gasteiger partial charge in [0.25, 0.3) is 0 Å². The molecule has 5 heteroatoms. The fourth-order valence-corrected chi connectivity index (χ4v) is 2.74. The van der Waals surface area contributed by atoms with E-state index in [2.05, 4.69) is 15.3 Å². The second-order valence-corrected chi connectivity index (χ2v) is 5.64. The van der Waals surface area contributed by atoms with E-state index in [9.17, 15) is 0 Å². The molecular weight excluding hydrogens is 290 g/mol. The van der Waals surface area contributed by atoms with E-state index in [4.69, 9.17) is 11.6 Å². The monoisotopic (exact) mass is 301 g/mol. The number of thiazole rings is 1. The molecule has 0 spiro atoms. The van der Waals surface area contributed by atoms with Gasteiger partial charge in [-0.2, -0.15) is 0 Å². The van der Waals surface area contributed by atoms with Crippen LogP contribution in [-0.2, 0) is 0 Å². The van der Waals surface area contributed by atoms with Crippen molar-refractivity contribution in [3.05, 3.63) is 58.6 Å². The molecule has 3 rings (SSSR count). The van der Waals surface area contributed by atoms with E-state index in [0.29, 0.717) is 5.02 Å². The largest absolute Gasteiger partial charge is 0.316 e. The summed E-state index contributed by atoms with van der Waals surface area (Å²) in [7, 11) is 0. The van der Waals surface area contributed by atoms with Crippen LogP contribution in [0.1, 0.15) is 5.56 Å². The highest BCUT2D eigenvalue weighted by atomic mass is 35.5. The van der Waals surface area contributed by atoms with Crippen molar-refractivity contribution >= 4 is 33.9 Å². The lowest BCUT2D eigenvalue weighted by molar-refractivity contribution is 1.24. The first kappa shape index (κ1) is 13.1. The molecule has 0 aliphatic carbocycles. The number of aryl methyl sites for hydroxylation is 1. The lowest BCUT2D eigenvalue weighted by Gasteiger charge is -2.04. The standard InChI is InChI=1S/C15H12ClN3S/c1-10-4-3-7-17-14(10)19-15-18-13(9-20-15)11-5-2-6-12(16)8-11/h2-9H,1H3,(H,17,18,19). The summed E-state index contributed by atoms with van der Waals surface area (Å²) < 4.78 is 0. The number of nitrogens with zero attached hydrogens (tertiary/aromatic N) is 2. The maximum Gasteiger partial charge on any atom is 0.188 e. The maximum atomic E-state index is 6.00. The SMILES string of the molecule is Cc1cccnc1Nc1nc(-c2cccc(Cl)c2)cs1. The van der Waals surface area contributed by atoms with Crippen molar-refractivity contribution in [3.63, 3.8) is 0 Å². The van der Waals surface area contributed by atoms with E-state index in [-0.39, 0.29) is 0 Å². The Kier molecular flexibility index (Phi) is 3.67. The molecule has 3 nitrogen and oxygen atoms in total. The number of pyridine rings is 1. The number of rotatable bonds is 3. The van der Waals surface area contributed by atoms with Gasteiger partial charge >= 0.3 is 0 Å². The molecule has 1 N–H and O–H groups in total. The first-order valence-electron chi connectivity index (χ1n) is 6.12. The lowest BCUT2D eigenvalue weighted by atomic mass is 10.2. The third-order valence-electron chi connectivity index (χ3n) is 2.86. The number of hydrogen-bond donors (Lipinski definition) is 1. The molecule has 0 bridgehead atoms. The van der Waals surface area contributed by atoms with Gasteiger partial charge in [0.1, 0.15) is 5.82 Å². The van der Waals surface area contributed by atoms with Gasteiger partial charge in [0.05, 0.1) is 5.69 Å². The quantitative estimate of drug-likeness (QED) is 0.747. The van der Waals surface area contributed by atoms with Gasteiger partial charge in [-0.3, -0.25) is 0 Å². The third kappa shape index (κ3) is 2.81. The minimum absolute atomic E-state index is 0.713. The molecule has 0 radical (unpaired) electrons. The summed E-state index contributed by atoms with van der Waals surface area (Å²) in [4.78, 5) is 8.87. The van der Waals surface area contributed by atoms with Crippen LogP contribution in [0.2, 0.25) is 5.02 Å². The average molecular weight is 302 g/mol. The third-order valence-corrected chi connectivity index (χ3v) is 3.85. The Morgan fingerprint density at radius 2 is 2.10 bits per heavy atom. The fraction of sp³-hybridized carbons (Fsp3) is 0.0667. The molecule has 0 unspecified atom stereocenters. The molecule has 20 heavy (non-hydrogen) atoms. The Labute approximate surface area is 126 Å². The highest BCUT2D eigenvalue weighted by Gasteiger charge is 2.06. The predicted molar refractivity (Wildman–Crippen MR) is 84.8 cm³/mol. The van der Waals surface area contributed by atoms with Crippen LogP contribution >= 0.6 is 22.9 Å². The fourth-order valence-electron chi connectivity index (χ4n) is 1.83. The van der Waals surface area contributed by atoms with Crippen molar-refractivity contribution in [2.45, 2.75) is 6.92 Å². The van der Waals surface area contributed by atoms with Crippen LogP contribution in [0.4, 0.5) is 10.9 Å². The van der Waals surface area contributed by atoms with Crippen LogP contribution in [0.5, 0.6) is 0 Å². The van der Waals surface area contributed by atoms with Gasteiger partial charge < -0.3 is 5.32 Å². The molecule has 0 aliphatic rings. The zero-order valence-electron chi connectivity index (χ0n) is 10.8. The molecule has 0 amide bonds. The minimum Gasteiger partial charge on any atom is -0.316 e. The topological polar surface area (TPSA) is 37.8 Å². The zero-order chi connectivity index (χ0) is 13.9. The van der Waals surface area contributed by atoms with Crippen LogP contribution in [0.25, 0.3) is 11.3 Å². The Hall–Kier alpha value is -1.91. The highest BCUT2D eigenvalue weighted by Crippen LogP contribution is 2.28. The summed E-state index contributed by atoms with van der Waals surface area (Å²) >= 11 is 7.55. The summed E-state index contributed by atoms with van der Waals surface area (Å²) in [6.07, 6.45) is 1.76. The lowest BCUT2D eigenvalue weighted by Crippen LogP contribution is -1.95. The van der Waals surface area contributed by atoms with Crippen molar-refractivity contribution in [2.24, 2.45) is 0 Å². The van der Waals surface area contributed by atoms with E-state index < -0.39 is 0 Å². The van der Waals surface area contributed by atoms with Gasteiger partial charge in [0.2, 0.25) is 0 Å². The molecule has 0 aliphatic heterocycles. The normalized spacial score (nSPS) is 10.5. The first-order valence-corrected chi connectivity index (χ1v) is 7.38. The summed E-state index contributed by atoms with van der Waals surface area (Å²) in [5.41, 5.74) is 3.01. The van der Waals surface area contributed by atoms with E-state index in [1.54, 1.807) is 17.5 Å². The van der Waals surface area contributed by atoms with E-state index in [1.807, 2.05) is 48.7 Å². The summed E-state index contributed by atoms with van der Waals surface area (Å²) in [6, 6.07) is 11.6. The average Bonchev–Trinajstić information content (AvgIpc) is 2.90. The summed E-state index contributed by atoms with van der Waals surface area (Å²) in [5, 5.41) is 6.78. The number of benzene rings is 1. The Morgan fingerprint density at radius 1 is 1.20 bits per heavy atom. The maximum absolute atomic E-state index is 6.00. The second-order valence-electron chi connectivity index (χ2n) is 4.34. The summed E-state index contributed by atoms with van der Waals surface area (Å²) in [6.45, 7) is 2.01. The number of hydrogen-bond acceptors (Lipinski definition) is 4. The Morgan fingerprint density at radius 3 is 2.90 bits per heavy atom. The van der Waals surface area contributed by atoms with Crippen LogP contribution in [0.15, 0.2) is 48.0 Å². The molecule has 3 aromatic rings. The van der Waals surface area contributed by atoms with Crippen molar-refractivity contribution in [1.82, 2.24) is 9.97 Å². The molecular formula is C15H12ClN3S. The summed E-state index contributed by atoms with van der Waals surface area (Å²) in [5.74, 6) is 0.833. The van der Waals surface area contributed by atoms with Gasteiger partial charge in [0, 0.05) is 22.2 Å². The first-order chi connectivity index (χ1) is 9.72. The van der Waals surface area contributed by atoms with Crippen molar-refractivity contribution in [3.8, 4) is 11.3 Å². The van der Waals surface area contributed by atoms with Gasteiger partial charge in [-0.1, -0.05) is 29.8 Å². The Bertz CT molecular complexity index is 739. The van der Waals surface area contributed by atoms with Gasteiger partial charge in [-0.05, 0) is 30.7 Å². The van der Waals surface area contributed by atoms with Crippen LogP contribution < -0.4 is 5.32 Å². The van der Waals surface area contributed by atoms with Crippen LogP contribution in [0, 0.1) is 6.92 Å². The minimum atomic E-state index is 0.713. The molecule has 2 heterocycles. The van der Waals surface area contributed by atoms with Crippen molar-refractivity contribution in [2.75, 3.05) is 5.32 Å². The molecule has 0 saturated carbocycles. The van der Waals surface area contributed by atoms with Crippen LogP contribution in [-0.4, -0.2) is 9.97 Å². The molecule has 0 fully saturated rings. The molecule has 2 aromatic heterocycles. The smallest absolute Gasteiger partial charge is 0.188 e.